The van der Waals surface area contributed by atoms with Crippen molar-refractivity contribution < 1.29 is 0 Å². The van der Waals surface area contributed by atoms with E-state index in [-0.39, 0.29) is 0 Å². The second-order valence-corrected chi connectivity index (χ2v) is 4.91. The summed E-state index contributed by atoms with van der Waals surface area (Å²) in [4.78, 5) is 4.28. The van der Waals surface area contributed by atoms with Gasteiger partial charge in [0.1, 0.15) is 12.2 Å². The van der Waals surface area contributed by atoms with E-state index in [0.717, 1.165) is 23.8 Å². The first kappa shape index (κ1) is 12.6. The Bertz CT molecular complexity index is 510. The Kier molecular flexibility index (Phi) is 3.64. The summed E-state index contributed by atoms with van der Waals surface area (Å²) in [5.74, 6) is 1.51. The largest absolute Gasteiger partial charge is 0.375 e. The molecule has 0 saturated carbocycles. The average Bonchev–Trinajstić information content (AvgIpc) is 2.82. The summed E-state index contributed by atoms with van der Waals surface area (Å²) >= 11 is 0. The smallest absolute Gasteiger partial charge is 0.146 e. The standard InChI is InChI=1S/C12H20N6/c1-9(2)6-18-12(14-8-15-18)5-13-11-7-17(4)16-10(11)3/h7-9,13H,5-6H2,1-4H3. The Balaban J connectivity index is 2.02. The number of anilines is 1. The molecule has 2 rings (SSSR count). The van der Waals surface area contributed by atoms with Crippen molar-refractivity contribution in [2.45, 2.75) is 33.9 Å². The van der Waals surface area contributed by atoms with Crippen molar-refractivity contribution in [3.05, 3.63) is 24.0 Å². The quantitative estimate of drug-likeness (QED) is 0.873. The van der Waals surface area contributed by atoms with E-state index in [2.05, 4.69) is 34.3 Å². The van der Waals surface area contributed by atoms with Crippen LogP contribution in [-0.2, 0) is 20.1 Å². The Morgan fingerprint density at radius 2 is 2.17 bits per heavy atom. The maximum atomic E-state index is 4.29. The summed E-state index contributed by atoms with van der Waals surface area (Å²) in [6, 6.07) is 0. The molecule has 0 aliphatic heterocycles. The predicted octanol–water partition coefficient (Wildman–Crippen LogP) is 1.59. The van der Waals surface area contributed by atoms with Gasteiger partial charge < -0.3 is 5.32 Å². The third-order valence-electron chi connectivity index (χ3n) is 2.68. The molecule has 2 aromatic heterocycles. The van der Waals surface area contributed by atoms with Crippen LogP contribution in [0.25, 0.3) is 0 Å². The van der Waals surface area contributed by atoms with Crippen LogP contribution >= 0.6 is 0 Å². The van der Waals surface area contributed by atoms with Crippen molar-refractivity contribution in [1.82, 2.24) is 24.5 Å². The number of hydrogen-bond acceptors (Lipinski definition) is 4. The number of nitrogens with zero attached hydrogens (tertiary/aromatic N) is 5. The second kappa shape index (κ2) is 5.20. The minimum Gasteiger partial charge on any atom is -0.375 e. The Labute approximate surface area is 107 Å². The zero-order valence-corrected chi connectivity index (χ0v) is 11.4. The highest BCUT2D eigenvalue weighted by Crippen LogP contribution is 2.12. The molecule has 0 aliphatic rings. The highest BCUT2D eigenvalue weighted by Gasteiger charge is 2.08. The normalized spacial score (nSPS) is 11.2. The maximum Gasteiger partial charge on any atom is 0.146 e. The van der Waals surface area contributed by atoms with Crippen molar-refractivity contribution in [1.29, 1.82) is 0 Å². The highest BCUT2D eigenvalue weighted by atomic mass is 15.3. The summed E-state index contributed by atoms with van der Waals surface area (Å²) in [6.45, 7) is 7.89. The van der Waals surface area contributed by atoms with Gasteiger partial charge in [0.05, 0.1) is 17.9 Å². The maximum absolute atomic E-state index is 4.29. The van der Waals surface area contributed by atoms with Gasteiger partial charge in [0, 0.05) is 19.8 Å². The van der Waals surface area contributed by atoms with Gasteiger partial charge in [-0.3, -0.25) is 4.68 Å². The van der Waals surface area contributed by atoms with Crippen LogP contribution in [0.15, 0.2) is 12.5 Å². The molecule has 0 saturated heterocycles. The first-order valence-electron chi connectivity index (χ1n) is 6.17. The molecule has 0 fully saturated rings. The molecule has 6 heteroatoms. The molecule has 2 heterocycles. The zero-order chi connectivity index (χ0) is 13.1. The molecule has 0 aromatic carbocycles. The predicted molar refractivity (Wildman–Crippen MR) is 70.1 cm³/mol. The first-order chi connectivity index (χ1) is 8.56. The van der Waals surface area contributed by atoms with Crippen LogP contribution in [0.1, 0.15) is 25.4 Å². The Hall–Kier alpha value is -1.85. The van der Waals surface area contributed by atoms with Gasteiger partial charge in [-0.15, -0.1) is 0 Å². The molecule has 0 unspecified atom stereocenters. The van der Waals surface area contributed by atoms with Gasteiger partial charge in [-0.05, 0) is 12.8 Å². The van der Waals surface area contributed by atoms with Crippen LogP contribution in [0.2, 0.25) is 0 Å². The molecule has 0 amide bonds. The van der Waals surface area contributed by atoms with E-state index in [1.54, 1.807) is 11.0 Å². The summed E-state index contributed by atoms with van der Waals surface area (Å²) in [7, 11) is 1.92. The van der Waals surface area contributed by atoms with Crippen LogP contribution in [0.3, 0.4) is 0 Å². The second-order valence-electron chi connectivity index (χ2n) is 4.91. The van der Waals surface area contributed by atoms with Gasteiger partial charge in [-0.2, -0.15) is 10.2 Å². The SMILES string of the molecule is Cc1nn(C)cc1NCc1ncnn1CC(C)C. The average molecular weight is 248 g/mol. The highest BCUT2D eigenvalue weighted by molar-refractivity contribution is 5.45. The zero-order valence-electron chi connectivity index (χ0n) is 11.4. The molecule has 18 heavy (non-hydrogen) atoms. The first-order valence-corrected chi connectivity index (χ1v) is 6.17. The lowest BCUT2D eigenvalue weighted by Crippen LogP contribution is -2.13. The van der Waals surface area contributed by atoms with E-state index in [0.29, 0.717) is 12.5 Å². The van der Waals surface area contributed by atoms with Crippen molar-refractivity contribution >= 4 is 5.69 Å². The molecule has 98 valence electrons. The lowest BCUT2D eigenvalue weighted by Gasteiger charge is -2.09. The summed E-state index contributed by atoms with van der Waals surface area (Å²) < 4.78 is 3.75. The minimum absolute atomic E-state index is 0.561. The van der Waals surface area contributed by atoms with Gasteiger partial charge in [0.2, 0.25) is 0 Å². The molecule has 2 aromatic rings. The van der Waals surface area contributed by atoms with E-state index in [9.17, 15) is 0 Å². The van der Waals surface area contributed by atoms with Gasteiger partial charge in [0.15, 0.2) is 0 Å². The van der Waals surface area contributed by atoms with Crippen molar-refractivity contribution in [3.8, 4) is 0 Å². The third kappa shape index (κ3) is 2.88. The van der Waals surface area contributed by atoms with Crippen molar-refractivity contribution in [3.63, 3.8) is 0 Å². The number of nitrogens with one attached hydrogen (secondary N) is 1. The van der Waals surface area contributed by atoms with E-state index < -0.39 is 0 Å². The fraction of sp³-hybridized carbons (Fsp3) is 0.583. The fourth-order valence-corrected chi connectivity index (χ4v) is 1.87. The molecule has 0 radical (unpaired) electrons. The van der Waals surface area contributed by atoms with E-state index >= 15 is 0 Å². The number of aryl methyl sites for hydroxylation is 2. The van der Waals surface area contributed by atoms with Gasteiger partial charge >= 0.3 is 0 Å². The summed E-state index contributed by atoms with van der Waals surface area (Å²) in [5.41, 5.74) is 2.03. The lowest BCUT2D eigenvalue weighted by atomic mass is 10.2. The number of hydrogen-bond donors (Lipinski definition) is 1. The fourth-order valence-electron chi connectivity index (χ4n) is 1.87. The van der Waals surface area contributed by atoms with E-state index in [1.165, 1.54) is 0 Å². The van der Waals surface area contributed by atoms with Crippen LogP contribution in [0.4, 0.5) is 5.69 Å². The topological polar surface area (TPSA) is 60.6 Å². The van der Waals surface area contributed by atoms with Gasteiger partial charge in [0.25, 0.3) is 0 Å². The molecule has 6 nitrogen and oxygen atoms in total. The summed E-state index contributed by atoms with van der Waals surface area (Å²) in [5, 5.41) is 11.9. The molecule has 0 aliphatic carbocycles. The third-order valence-corrected chi connectivity index (χ3v) is 2.68. The van der Waals surface area contributed by atoms with Crippen molar-refractivity contribution in [2.24, 2.45) is 13.0 Å². The van der Waals surface area contributed by atoms with Crippen molar-refractivity contribution in [2.75, 3.05) is 5.32 Å². The van der Waals surface area contributed by atoms with Crippen LogP contribution in [-0.4, -0.2) is 24.5 Å². The molecule has 1 N–H and O–H groups in total. The van der Waals surface area contributed by atoms with E-state index in [4.69, 9.17) is 0 Å². The minimum atomic E-state index is 0.561. The lowest BCUT2D eigenvalue weighted by molar-refractivity contribution is 0.468. The molecule has 0 atom stereocenters. The molecular formula is C12H20N6. The van der Waals surface area contributed by atoms with Gasteiger partial charge in [-0.1, -0.05) is 13.8 Å². The molecule has 0 bridgehead atoms. The Morgan fingerprint density at radius 1 is 1.39 bits per heavy atom. The van der Waals surface area contributed by atoms with Crippen LogP contribution in [0.5, 0.6) is 0 Å². The molecular weight excluding hydrogens is 228 g/mol. The Morgan fingerprint density at radius 3 is 2.78 bits per heavy atom. The monoisotopic (exact) mass is 248 g/mol. The van der Waals surface area contributed by atoms with Crippen LogP contribution < -0.4 is 5.32 Å². The van der Waals surface area contributed by atoms with Gasteiger partial charge in [-0.25, -0.2) is 9.67 Å². The number of rotatable bonds is 5. The number of aromatic nitrogens is 5. The summed E-state index contributed by atoms with van der Waals surface area (Å²) in [6.07, 6.45) is 3.58. The van der Waals surface area contributed by atoms with E-state index in [1.807, 2.05) is 24.9 Å². The molecule has 0 spiro atoms. The van der Waals surface area contributed by atoms with Crippen LogP contribution in [0, 0.1) is 12.8 Å².